The Balaban J connectivity index is 1.87. The Morgan fingerprint density at radius 2 is 2.00 bits per heavy atom. The third-order valence-electron chi connectivity index (χ3n) is 3.77. The predicted octanol–water partition coefficient (Wildman–Crippen LogP) is 2.86. The summed E-state index contributed by atoms with van der Waals surface area (Å²) in [7, 11) is 0. The van der Waals surface area contributed by atoms with E-state index < -0.39 is 0 Å². The Bertz CT molecular complexity index is 611. The number of para-hydroxylation sites is 1. The molecule has 1 aromatic carbocycles. The molecule has 0 saturated carbocycles. The molecular formula is C17H23N3O. The standard InChI is InChI=1S/C17H23N3O/c1-17(2,3)20-16-9-10-18-11-14(16)15(19-20)12-21-13-7-5-4-6-8-13/h4-8,18H,9-12H2,1-3H3. The van der Waals surface area contributed by atoms with Gasteiger partial charge in [-0.2, -0.15) is 5.10 Å². The van der Waals surface area contributed by atoms with Crippen LogP contribution in [0.2, 0.25) is 0 Å². The summed E-state index contributed by atoms with van der Waals surface area (Å²) in [6.07, 6.45) is 1.03. The van der Waals surface area contributed by atoms with Crippen LogP contribution in [0.4, 0.5) is 0 Å². The molecule has 0 atom stereocenters. The van der Waals surface area contributed by atoms with Gasteiger partial charge in [-0.05, 0) is 32.9 Å². The van der Waals surface area contributed by atoms with Crippen LogP contribution in [0.1, 0.15) is 37.7 Å². The molecule has 0 fully saturated rings. The first kappa shape index (κ1) is 14.1. The van der Waals surface area contributed by atoms with Crippen LogP contribution in [-0.2, 0) is 25.1 Å². The highest BCUT2D eigenvalue weighted by Crippen LogP contribution is 2.25. The fourth-order valence-corrected chi connectivity index (χ4v) is 2.76. The number of aromatic nitrogens is 2. The van der Waals surface area contributed by atoms with Gasteiger partial charge < -0.3 is 10.1 Å². The predicted molar refractivity (Wildman–Crippen MR) is 83.4 cm³/mol. The van der Waals surface area contributed by atoms with E-state index in [-0.39, 0.29) is 5.54 Å². The molecule has 0 spiro atoms. The molecule has 112 valence electrons. The molecule has 4 heteroatoms. The van der Waals surface area contributed by atoms with Crippen molar-refractivity contribution in [1.29, 1.82) is 0 Å². The Kier molecular flexibility index (Phi) is 3.72. The number of hydrogen-bond acceptors (Lipinski definition) is 3. The van der Waals surface area contributed by atoms with Gasteiger partial charge in [0.2, 0.25) is 0 Å². The molecule has 0 radical (unpaired) electrons. The maximum absolute atomic E-state index is 5.88. The summed E-state index contributed by atoms with van der Waals surface area (Å²) in [6.45, 7) is 9.03. The highest BCUT2D eigenvalue weighted by molar-refractivity contribution is 5.30. The molecule has 4 nitrogen and oxygen atoms in total. The van der Waals surface area contributed by atoms with E-state index in [2.05, 4.69) is 30.8 Å². The fourth-order valence-electron chi connectivity index (χ4n) is 2.76. The molecule has 2 heterocycles. The minimum absolute atomic E-state index is 0.00637. The summed E-state index contributed by atoms with van der Waals surface area (Å²) in [6, 6.07) is 9.92. The largest absolute Gasteiger partial charge is 0.487 e. The van der Waals surface area contributed by atoms with Crippen molar-refractivity contribution in [2.45, 2.75) is 45.9 Å². The minimum atomic E-state index is 0.00637. The van der Waals surface area contributed by atoms with Crippen molar-refractivity contribution in [3.8, 4) is 5.75 Å². The highest BCUT2D eigenvalue weighted by Gasteiger charge is 2.26. The van der Waals surface area contributed by atoms with Crippen molar-refractivity contribution in [2.24, 2.45) is 0 Å². The average molecular weight is 285 g/mol. The van der Waals surface area contributed by atoms with Crippen LogP contribution in [0.3, 0.4) is 0 Å². The Hall–Kier alpha value is -1.81. The van der Waals surface area contributed by atoms with Gasteiger partial charge in [-0.25, -0.2) is 0 Å². The molecule has 21 heavy (non-hydrogen) atoms. The summed E-state index contributed by atoms with van der Waals surface area (Å²) in [5.74, 6) is 0.889. The van der Waals surface area contributed by atoms with Gasteiger partial charge in [0.25, 0.3) is 0 Å². The lowest BCUT2D eigenvalue weighted by atomic mass is 10.0. The smallest absolute Gasteiger partial charge is 0.132 e. The SMILES string of the molecule is CC(C)(C)n1nc(COc2ccccc2)c2c1CCNC2. The van der Waals surface area contributed by atoms with Gasteiger partial charge >= 0.3 is 0 Å². The van der Waals surface area contributed by atoms with Crippen LogP contribution < -0.4 is 10.1 Å². The van der Waals surface area contributed by atoms with Gasteiger partial charge in [-0.3, -0.25) is 4.68 Å². The lowest BCUT2D eigenvalue weighted by Crippen LogP contribution is -2.30. The minimum Gasteiger partial charge on any atom is -0.487 e. The van der Waals surface area contributed by atoms with Crippen molar-refractivity contribution in [3.63, 3.8) is 0 Å². The van der Waals surface area contributed by atoms with Crippen LogP contribution >= 0.6 is 0 Å². The number of nitrogens with zero attached hydrogens (tertiary/aromatic N) is 2. The number of hydrogen-bond donors (Lipinski definition) is 1. The normalized spacial score (nSPS) is 14.8. The second kappa shape index (κ2) is 5.53. The second-order valence-corrected chi connectivity index (χ2v) is 6.48. The van der Waals surface area contributed by atoms with Crippen molar-refractivity contribution in [1.82, 2.24) is 15.1 Å². The molecule has 1 aliphatic rings. The Morgan fingerprint density at radius 1 is 1.24 bits per heavy atom. The van der Waals surface area contributed by atoms with E-state index in [1.165, 1.54) is 11.3 Å². The summed E-state index contributed by atoms with van der Waals surface area (Å²) in [4.78, 5) is 0. The van der Waals surface area contributed by atoms with E-state index in [1.807, 2.05) is 30.3 Å². The molecule has 0 amide bonds. The van der Waals surface area contributed by atoms with Crippen molar-refractivity contribution in [3.05, 3.63) is 47.3 Å². The first-order valence-corrected chi connectivity index (χ1v) is 7.54. The number of fused-ring (bicyclic) bond motifs is 1. The Labute approximate surface area is 126 Å². The van der Waals surface area contributed by atoms with Crippen LogP contribution in [0.5, 0.6) is 5.75 Å². The van der Waals surface area contributed by atoms with Gasteiger partial charge in [0, 0.05) is 30.8 Å². The summed E-state index contributed by atoms with van der Waals surface area (Å²) < 4.78 is 8.05. The van der Waals surface area contributed by atoms with E-state index in [1.54, 1.807) is 0 Å². The number of nitrogens with one attached hydrogen (secondary N) is 1. The van der Waals surface area contributed by atoms with Crippen LogP contribution in [0.25, 0.3) is 0 Å². The maximum Gasteiger partial charge on any atom is 0.132 e. The van der Waals surface area contributed by atoms with E-state index in [4.69, 9.17) is 9.84 Å². The molecule has 1 N–H and O–H groups in total. The lowest BCUT2D eigenvalue weighted by molar-refractivity contribution is 0.290. The van der Waals surface area contributed by atoms with E-state index in [0.717, 1.165) is 31.0 Å². The first-order chi connectivity index (χ1) is 10.1. The van der Waals surface area contributed by atoms with E-state index >= 15 is 0 Å². The average Bonchev–Trinajstić information content (AvgIpc) is 2.85. The highest BCUT2D eigenvalue weighted by atomic mass is 16.5. The van der Waals surface area contributed by atoms with Gasteiger partial charge in [-0.1, -0.05) is 18.2 Å². The van der Waals surface area contributed by atoms with Gasteiger partial charge in [0.1, 0.15) is 18.1 Å². The topological polar surface area (TPSA) is 39.1 Å². The molecule has 1 aliphatic heterocycles. The first-order valence-electron chi connectivity index (χ1n) is 7.54. The van der Waals surface area contributed by atoms with Crippen molar-refractivity contribution < 1.29 is 4.74 Å². The van der Waals surface area contributed by atoms with Gasteiger partial charge in [0.05, 0.1) is 5.54 Å². The summed E-state index contributed by atoms with van der Waals surface area (Å²) in [5.41, 5.74) is 3.72. The third kappa shape index (κ3) is 2.95. The van der Waals surface area contributed by atoms with Crippen LogP contribution in [0.15, 0.2) is 30.3 Å². The molecular weight excluding hydrogens is 262 g/mol. The molecule has 1 aromatic heterocycles. The zero-order valence-corrected chi connectivity index (χ0v) is 13.0. The van der Waals surface area contributed by atoms with Crippen molar-refractivity contribution in [2.75, 3.05) is 6.54 Å². The molecule has 0 unspecified atom stereocenters. The zero-order valence-electron chi connectivity index (χ0n) is 13.0. The second-order valence-electron chi connectivity index (χ2n) is 6.48. The number of rotatable bonds is 3. The molecule has 3 rings (SSSR count). The van der Waals surface area contributed by atoms with Gasteiger partial charge in [-0.15, -0.1) is 0 Å². The molecule has 0 bridgehead atoms. The lowest BCUT2D eigenvalue weighted by Gasteiger charge is -2.24. The van der Waals surface area contributed by atoms with Crippen LogP contribution in [0, 0.1) is 0 Å². The maximum atomic E-state index is 5.88. The van der Waals surface area contributed by atoms with Crippen molar-refractivity contribution >= 4 is 0 Å². The van der Waals surface area contributed by atoms with E-state index in [9.17, 15) is 0 Å². The molecule has 2 aromatic rings. The molecule has 0 aliphatic carbocycles. The summed E-state index contributed by atoms with van der Waals surface area (Å²) >= 11 is 0. The quantitative estimate of drug-likeness (QED) is 0.942. The van der Waals surface area contributed by atoms with E-state index in [0.29, 0.717) is 6.61 Å². The zero-order chi connectivity index (χ0) is 14.9. The molecule has 0 saturated heterocycles. The van der Waals surface area contributed by atoms with Gasteiger partial charge in [0.15, 0.2) is 0 Å². The fraction of sp³-hybridized carbons (Fsp3) is 0.471. The monoisotopic (exact) mass is 285 g/mol. The van der Waals surface area contributed by atoms with Crippen LogP contribution in [-0.4, -0.2) is 16.3 Å². The summed E-state index contributed by atoms with van der Waals surface area (Å²) in [5, 5.41) is 8.27. The Morgan fingerprint density at radius 3 is 2.71 bits per heavy atom. The number of ether oxygens (including phenoxy) is 1. The third-order valence-corrected chi connectivity index (χ3v) is 3.77. The number of benzene rings is 1.